The van der Waals surface area contributed by atoms with Crippen molar-refractivity contribution in [1.29, 1.82) is 0 Å². The molecule has 4 rings (SSSR count). The van der Waals surface area contributed by atoms with Gasteiger partial charge in [-0.3, -0.25) is 38.7 Å². The van der Waals surface area contributed by atoms with Gasteiger partial charge >= 0.3 is 17.1 Å². The van der Waals surface area contributed by atoms with E-state index in [-0.39, 0.29) is 44.8 Å². The molecule has 0 unspecified atom stereocenters. The van der Waals surface area contributed by atoms with Gasteiger partial charge < -0.3 is 20.6 Å². The Kier molecular flexibility index (Phi) is 8.96. The fraction of sp³-hybridized carbons (Fsp3) is 0.350. The molecule has 212 valence electrons. The number of carboxylic acids is 1. The van der Waals surface area contributed by atoms with Crippen molar-refractivity contribution in [3.05, 3.63) is 43.1 Å². The van der Waals surface area contributed by atoms with E-state index in [2.05, 4.69) is 30.9 Å². The highest BCUT2D eigenvalue weighted by molar-refractivity contribution is 8.01. The van der Waals surface area contributed by atoms with Gasteiger partial charge in [-0.15, -0.1) is 34.7 Å². The number of alkyl halides is 1. The topological polar surface area (TPSA) is 218 Å². The van der Waals surface area contributed by atoms with E-state index in [9.17, 15) is 33.9 Å². The summed E-state index contributed by atoms with van der Waals surface area (Å²) in [6, 6.07) is -1.06. The smallest absolute Gasteiger partial charge is 0.352 e. The Morgan fingerprint density at radius 1 is 1.32 bits per heavy atom. The van der Waals surface area contributed by atoms with Crippen LogP contribution in [0.2, 0.25) is 0 Å². The Bertz CT molecular complexity index is 1570. The molecule has 2 atom stereocenters. The number of halogens is 1. The number of aryl methyl sites for hydroxylation is 1. The van der Waals surface area contributed by atoms with Crippen molar-refractivity contribution in [2.45, 2.75) is 16.6 Å². The number of fused-ring (bicyclic) bond motifs is 1. The van der Waals surface area contributed by atoms with Gasteiger partial charge in [-0.05, 0) is 5.57 Å². The van der Waals surface area contributed by atoms with Gasteiger partial charge in [0.1, 0.15) is 35.8 Å². The van der Waals surface area contributed by atoms with Crippen LogP contribution in [0.3, 0.4) is 0 Å². The number of hydrogen-bond donors (Lipinski definition) is 4. The molecule has 0 aromatic carbocycles. The van der Waals surface area contributed by atoms with Gasteiger partial charge in [0, 0.05) is 23.9 Å². The lowest BCUT2D eigenvalue weighted by molar-refractivity contribution is -0.150. The molecule has 4 heterocycles. The molecule has 0 spiro atoms. The molecule has 0 aliphatic carbocycles. The SMILES string of the molecule is CO/N=C(/C(=O)N[C@@H]1C(=O)N2C(C(=O)O)=C(CSc3nc(=O)c(=O)[nH]n3C)CS[C@H]12)c1csc(NC(=O)CCl)n1. The maximum Gasteiger partial charge on any atom is 0.352 e. The van der Waals surface area contributed by atoms with E-state index in [0.717, 1.165) is 28.0 Å². The molecule has 0 saturated carbocycles. The summed E-state index contributed by atoms with van der Waals surface area (Å²) in [4.78, 5) is 86.4. The number of H-pyrrole nitrogens is 1. The predicted octanol–water partition coefficient (Wildman–Crippen LogP) is -1.02. The second-order valence-corrected chi connectivity index (χ2v) is 11.1. The van der Waals surface area contributed by atoms with Crippen molar-refractivity contribution in [2.24, 2.45) is 12.2 Å². The summed E-state index contributed by atoms with van der Waals surface area (Å²) in [6.07, 6.45) is 0. The largest absolute Gasteiger partial charge is 0.477 e. The Morgan fingerprint density at radius 3 is 2.75 bits per heavy atom. The normalized spacial score (nSPS) is 18.6. The van der Waals surface area contributed by atoms with E-state index in [0.29, 0.717) is 5.57 Å². The standard InChI is InChI=1S/C20H19ClN8O8S3/c1-28-20(25-14(32)15(33)26-28)40-5-7-4-38-17-11(16(34)29(17)12(7)18(35)36)24-13(31)10(27-37-2)8-6-39-19(22-8)23-9(30)3-21/h6,11,17H,3-5H2,1-2H3,(H,24,31)(H,26,33)(H,35,36)(H,22,23,30)/b27-10+/t11-,17-/m1/s1. The van der Waals surface area contributed by atoms with Crippen molar-refractivity contribution < 1.29 is 29.1 Å². The van der Waals surface area contributed by atoms with E-state index in [1.807, 2.05) is 0 Å². The number of aliphatic carboxylic acids is 1. The lowest BCUT2D eigenvalue weighted by atomic mass is 10.0. The number of thioether (sulfide) groups is 2. The highest BCUT2D eigenvalue weighted by Gasteiger charge is 2.54. The number of carbonyl (C=O) groups is 4. The first-order valence-corrected chi connectivity index (χ1v) is 14.4. The third-order valence-corrected chi connectivity index (χ3v) is 8.83. The molecule has 2 aromatic heterocycles. The van der Waals surface area contributed by atoms with Crippen LogP contribution < -0.4 is 21.8 Å². The van der Waals surface area contributed by atoms with E-state index < -0.39 is 46.2 Å². The van der Waals surface area contributed by atoms with Crippen LogP contribution in [-0.2, 0) is 31.1 Å². The molecule has 40 heavy (non-hydrogen) atoms. The average molecular weight is 631 g/mol. The summed E-state index contributed by atoms with van der Waals surface area (Å²) in [5.74, 6) is -3.28. The van der Waals surface area contributed by atoms with Gasteiger partial charge in [0.2, 0.25) is 5.91 Å². The maximum absolute atomic E-state index is 13.0. The first kappa shape index (κ1) is 29.3. The van der Waals surface area contributed by atoms with Crippen LogP contribution in [0.4, 0.5) is 5.13 Å². The van der Waals surface area contributed by atoms with Crippen LogP contribution in [0.25, 0.3) is 0 Å². The molecule has 0 bridgehead atoms. The molecule has 1 fully saturated rings. The first-order chi connectivity index (χ1) is 19.0. The van der Waals surface area contributed by atoms with Gasteiger partial charge in [0.05, 0.1) is 0 Å². The number of aromatic nitrogens is 4. The average Bonchev–Trinajstić information content (AvgIpc) is 3.38. The number of amides is 3. The number of oxime groups is 1. The predicted molar refractivity (Wildman–Crippen MR) is 146 cm³/mol. The van der Waals surface area contributed by atoms with Crippen LogP contribution >= 0.6 is 46.5 Å². The van der Waals surface area contributed by atoms with Gasteiger partial charge in [-0.2, -0.15) is 4.98 Å². The molecule has 2 aliphatic heterocycles. The number of anilines is 1. The molecule has 3 amide bonds. The molecule has 2 aliphatic rings. The summed E-state index contributed by atoms with van der Waals surface area (Å²) in [5, 5.41) is 22.0. The van der Waals surface area contributed by atoms with Gasteiger partial charge in [-0.1, -0.05) is 16.9 Å². The number of carbonyl (C=O) groups excluding carboxylic acids is 3. The number of rotatable bonds is 10. The fourth-order valence-electron chi connectivity index (χ4n) is 3.63. The minimum absolute atomic E-state index is 0.0739. The second-order valence-electron chi connectivity index (χ2n) is 7.95. The zero-order valence-electron chi connectivity index (χ0n) is 20.5. The minimum Gasteiger partial charge on any atom is -0.477 e. The fourth-order valence-corrected chi connectivity index (χ4v) is 6.82. The van der Waals surface area contributed by atoms with Crippen molar-refractivity contribution in [1.82, 2.24) is 30.0 Å². The highest BCUT2D eigenvalue weighted by Crippen LogP contribution is 2.41. The van der Waals surface area contributed by atoms with E-state index in [1.54, 1.807) is 0 Å². The minimum atomic E-state index is -1.34. The van der Waals surface area contributed by atoms with Crippen LogP contribution in [0.5, 0.6) is 0 Å². The molecule has 20 heteroatoms. The van der Waals surface area contributed by atoms with Crippen LogP contribution in [0, 0.1) is 0 Å². The van der Waals surface area contributed by atoms with Crippen LogP contribution in [0.15, 0.2) is 36.6 Å². The van der Waals surface area contributed by atoms with E-state index in [1.165, 1.54) is 36.0 Å². The molecule has 2 aromatic rings. The van der Waals surface area contributed by atoms with Crippen LogP contribution in [0.1, 0.15) is 5.69 Å². The third-order valence-electron chi connectivity index (χ3n) is 5.37. The number of nitrogens with zero attached hydrogens (tertiary/aromatic N) is 5. The molecular weight excluding hydrogens is 612 g/mol. The zero-order valence-corrected chi connectivity index (χ0v) is 23.7. The Balaban J connectivity index is 1.49. The molecular formula is C20H19ClN8O8S3. The first-order valence-electron chi connectivity index (χ1n) is 11.0. The number of hydrogen-bond acceptors (Lipinski definition) is 13. The summed E-state index contributed by atoms with van der Waals surface area (Å²) < 4.78 is 1.24. The Hall–Kier alpha value is -3.68. The van der Waals surface area contributed by atoms with Crippen molar-refractivity contribution in [2.75, 3.05) is 29.8 Å². The highest BCUT2D eigenvalue weighted by atomic mass is 35.5. The molecule has 0 radical (unpaired) electrons. The van der Waals surface area contributed by atoms with Gasteiger partial charge in [-0.25, -0.2) is 9.78 Å². The summed E-state index contributed by atoms with van der Waals surface area (Å²) in [5.41, 5.74) is -1.89. The van der Waals surface area contributed by atoms with Crippen molar-refractivity contribution in [3.8, 4) is 0 Å². The van der Waals surface area contributed by atoms with Gasteiger partial charge in [0.25, 0.3) is 11.8 Å². The van der Waals surface area contributed by atoms with Crippen molar-refractivity contribution in [3.63, 3.8) is 0 Å². The lowest BCUT2D eigenvalue weighted by Gasteiger charge is -2.49. The molecule has 4 N–H and O–H groups in total. The second kappa shape index (κ2) is 12.2. The number of β-lactam (4-membered cyclic amide) rings is 1. The quantitative estimate of drug-likeness (QED) is 0.0619. The molecule has 16 nitrogen and oxygen atoms in total. The molecule has 1 saturated heterocycles. The van der Waals surface area contributed by atoms with Gasteiger partial charge in [0.15, 0.2) is 16.0 Å². The van der Waals surface area contributed by atoms with E-state index in [4.69, 9.17) is 16.4 Å². The summed E-state index contributed by atoms with van der Waals surface area (Å²) >= 11 is 8.75. The summed E-state index contributed by atoms with van der Waals surface area (Å²) in [7, 11) is 2.69. The monoisotopic (exact) mass is 630 g/mol. The van der Waals surface area contributed by atoms with Crippen LogP contribution in [-0.4, -0.2) is 95.1 Å². The third kappa shape index (κ3) is 5.91. The number of aromatic amines is 1. The number of nitrogens with one attached hydrogen (secondary N) is 3. The van der Waals surface area contributed by atoms with E-state index >= 15 is 0 Å². The maximum atomic E-state index is 13.0. The Morgan fingerprint density at radius 2 is 2.08 bits per heavy atom. The summed E-state index contributed by atoms with van der Waals surface area (Å²) in [6.45, 7) is 0. The van der Waals surface area contributed by atoms with Crippen molar-refractivity contribution >= 4 is 81.0 Å². The number of carboxylic acid groups (broad SMARTS) is 1. The number of thiazole rings is 1. The Labute approximate surface area is 241 Å². The lowest BCUT2D eigenvalue weighted by Crippen LogP contribution is -2.71. The zero-order chi connectivity index (χ0) is 29.1.